The van der Waals surface area contributed by atoms with E-state index >= 15 is 0 Å². The van der Waals surface area contributed by atoms with Gasteiger partial charge in [-0.3, -0.25) is 10.1 Å². The van der Waals surface area contributed by atoms with E-state index in [1.54, 1.807) is 0 Å². The van der Waals surface area contributed by atoms with E-state index in [0.29, 0.717) is 13.2 Å². The number of benzene rings is 1. The van der Waals surface area contributed by atoms with Crippen LogP contribution in [0.3, 0.4) is 0 Å². The molecular formula is C14H16N2NaO3+. The Balaban J connectivity index is 0.00000147. The molecule has 2 heterocycles. The largest absolute Gasteiger partial charge is 1.00 e. The summed E-state index contributed by atoms with van der Waals surface area (Å²) < 4.78 is 5.36. The maximum Gasteiger partial charge on any atom is 1.00 e. The number of rotatable bonds is 2. The van der Waals surface area contributed by atoms with Gasteiger partial charge in [-0.25, -0.2) is 4.79 Å². The first-order valence-electron chi connectivity index (χ1n) is 6.50. The van der Waals surface area contributed by atoms with E-state index in [2.05, 4.69) is 10.6 Å². The zero-order valence-electron chi connectivity index (χ0n) is 11.5. The van der Waals surface area contributed by atoms with E-state index in [4.69, 9.17) is 4.74 Å². The quantitative estimate of drug-likeness (QED) is 0.495. The number of hydrogen-bond acceptors (Lipinski definition) is 3. The molecule has 2 aliphatic rings. The van der Waals surface area contributed by atoms with Crippen molar-refractivity contribution in [2.75, 3.05) is 13.2 Å². The zero-order valence-corrected chi connectivity index (χ0v) is 13.5. The Labute approximate surface area is 139 Å². The first kappa shape index (κ1) is 15.5. The Hall–Kier alpha value is -0.880. The molecule has 0 saturated carbocycles. The van der Waals surface area contributed by atoms with Gasteiger partial charge >= 0.3 is 35.6 Å². The Morgan fingerprint density at radius 2 is 1.75 bits per heavy atom. The molecule has 3 amide bonds. The second-order valence-electron chi connectivity index (χ2n) is 4.97. The summed E-state index contributed by atoms with van der Waals surface area (Å²) in [7, 11) is 0. The zero-order chi connectivity index (χ0) is 13.3. The SMILES string of the molecule is O=C1NC(=O)C(c2ccccc2)(C2CCOCC2)N1.[Na+]. The Morgan fingerprint density at radius 3 is 2.30 bits per heavy atom. The Morgan fingerprint density at radius 1 is 1.10 bits per heavy atom. The first-order valence-corrected chi connectivity index (χ1v) is 6.50. The van der Waals surface area contributed by atoms with E-state index in [0.717, 1.165) is 18.4 Å². The summed E-state index contributed by atoms with van der Waals surface area (Å²) in [6, 6.07) is 9.03. The van der Waals surface area contributed by atoms with Gasteiger partial charge in [0.25, 0.3) is 5.91 Å². The maximum atomic E-state index is 12.4. The fraction of sp³-hybridized carbons (Fsp3) is 0.429. The Bertz CT molecular complexity index is 502. The normalized spacial score (nSPS) is 26.6. The van der Waals surface area contributed by atoms with E-state index < -0.39 is 11.6 Å². The summed E-state index contributed by atoms with van der Waals surface area (Å²) >= 11 is 0. The van der Waals surface area contributed by atoms with Crippen LogP contribution < -0.4 is 40.2 Å². The second kappa shape index (κ2) is 6.26. The van der Waals surface area contributed by atoms with Crippen LogP contribution in [0.4, 0.5) is 4.79 Å². The molecule has 0 radical (unpaired) electrons. The fourth-order valence-corrected chi connectivity index (χ4v) is 3.03. The average Bonchev–Trinajstić information content (AvgIpc) is 2.76. The smallest absolute Gasteiger partial charge is 0.381 e. The molecule has 0 aromatic heterocycles. The number of imide groups is 1. The molecule has 5 nitrogen and oxygen atoms in total. The van der Waals surface area contributed by atoms with Crippen molar-refractivity contribution in [3.05, 3.63) is 35.9 Å². The summed E-state index contributed by atoms with van der Waals surface area (Å²) in [4.78, 5) is 24.0. The molecule has 2 N–H and O–H groups in total. The van der Waals surface area contributed by atoms with Crippen LogP contribution >= 0.6 is 0 Å². The van der Waals surface area contributed by atoms with Crippen molar-refractivity contribution in [2.45, 2.75) is 18.4 Å². The standard InChI is InChI=1S/C14H16N2O3.Na/c17-12-14(16-13(18)15-12,10-4-2-1-3-5-10)11-6-8-19-9-7-11;/h1-5,11H,6-9H2,(H2,15,16,17,18);/q;+1. The van der Waals surface area contributed by atoms with Gasteiger partial charge in [-0.1, -0.05) is 30.3 Å². The van der Waals surface area contributed by atoms with Crippen LogP contribution in [0.5, 0.6) is 0 Å². The van der Waals surface area contributed by atoms with Crippen LogP contribution in [0.2, 0.25) is 0 Å². The van der Waals surface area contributed by atoms with E-state index in [9.17, 15) is 9.59 Å². The van der Waals surface area contributed by atoms with Crippen molar-refractivity contribution in [1.29, 1.82) is 0 Å². The van der Waals surface area contributed by atoms with Crippen molar-refractivity contribution >= 4 is 11.9 Å². The molecule has 1 aromatic rings. The summed E-state index contributed by atoms with van der Waals surface area (Å²) in [5.74, 6) is -0.189. The first-order chi connectivity index (χ1) is 9.23. The van der Waals surface area contributed by atoms with Crippen molar-refractivity contribution < 1.29 is 43.9 Å². The van der Waals surface area contributed by atoms with Gasteiger partial charge in [-0.2, -0.15) is 0 Å². The fourth-order valence-electron chi connectivity index (χ4n) is 3.03. The number of nitrogens with one attached hydrogen (secondary N) is 2. The monoisotopic (exact) mass is 283 g/mol. The molecular weight excluding hydrogens is 267 g/mol. The van der Waals surface area contributed by atoms with E-state index in [-0.39, 0.29) is 41.4 Å². The van der Waals surface area contributed by atoms with Gasteiger partial charge in [0, 0.05) is 13.2 Å². The predicted octanol–water partition coefficient (Wildman–Crippen LogP) is -1.85. The molecule has 100 valence electrons. The molecule has 2 fully saturated rings. The minimum Gasteiger partial charge on any atom is -0.381 e. The van der Waals surface area contributed by atoms with E-state index in [1.807, 2.05) is 30.3 Å². The van der Waals surface area contributed by atoms with Crippen molar-refractivity contribution in [3.8, 4) is 0 Å². The molecule has 3 rings (SSSR count). The summed E-state index contributed by atoms with van der Waals surface area (Å²) in [5.41, 5.74) is -0.104. The van der Waals surface area contributed by atoms with Crippen LogP contribution in [-0.4, -0.2) is 25.2 Å². The summed E-state index contributed by atoms with van der Waals surface area (Å²) in [5, 5.41) is 5.22. The molecule has 0 spiro atoms. The summed E-state index contributed by atoms with van der Waals surface area (Å²) in [6.07, 6.45) is 1.53. The minimum atomic E-state index is -0.942. The molecule has 1 aromatic carbocycles. The van der Waals surface area contributed by atoms with Gasteiger partial charge in [0.2, 0.25) is 0 Å². The molecule has 20 heavy (non-hydrogen) atoms. The predicted molar refractivity (Wildman–Crippen MR) is 68.3 cm³/mol. The molecule has 2 saturated heterocycles. The van der Waals surface area contributed by atoms with Crippen LogP contribution in [-0.2, 0) is 15.1 Å². The molecule has 2 aliphatic heterocycles. The number of hydrogen-bond donors (Lipinski definition) is 2. The van der Waals surface area contributed by atoms with Crippen molar-refractivity contribution in [3.63, 3.8) is 0 Å². The number of urea groups is 1. The third kappa shape index (κ3) is 2.51. The van der Waals surface area contributed by atoms with Crippen LogP contribution in [0.1, 0.15) is 18.4 Å². The maximum absolute atomic E-state index is 12.4. The number of ether oxygens (including phenoxy) is 1. The topological polar surface area (TPSA) is 67.4 Å². The molecule has 6 heteroatoms. The van der Waals surface area contributed by atoms with Gasteiger partial charge in [-0.15, -0.1) is 0 Å². The van der Waals surface area contributed by atoms with Crippen LogP contribution in [0.25, 0.3) is 0 Å². The van der Waals surface area contributed by atoms with Gasteiger partial charge in [0.1, 0.15) is 5.54 Å². The number of carbonyl (C=O) groups excluding carboxylic acids is 2. The second-order valence-corrected chi connectivity index (χ2v) is 4.97. The van der Waals surface area contributed by atoms with Gasteiger partial charge in [0.15, 0.2) is 0 Å². The number of amides is 3. The number of carbonyl (C=O) groups is 2. The molecule has 0 aliphatic carbocycles. The van der Waals surface area contributed by atoms with E-state index in [1.165, 1.54) is 0 Å². The average molecular weight is 283 g/mol. The van der Waals surface area contributed by atoms with Crippen LogP contribution in [0, 0.1) is 5.92 Å². The third-order valence-corrected chi connectivity index (χ3v) is 3.96. The van der Waals surface area contributed by atoms with Crippen molar-refractivity contribution in [2.24, 2.45) is 5.92 Å². The minimum absolute atomic E-state index is 0. The molecule has 1 unspecified atom stereocenters. The van der Waals surface area contributed by atoms with Gasteiger partial charge in [0.05, 0.1) is 0 Å². The van der Waals surface area contributed by atoms with Gasteiger partial charge < -0.3 is 10.1 Å². The molecule has 0 bridgehead atoms. The molecule has 1 atom stereocenters. The van der Waals surface area contributed by atoms with Crippen molar-refractivity contribution in [1.82, 2.24) is 10.6 Å². The van der Waals surface area contributed by atoms with Gasteiger partial charge in [-0.05, 0) is 24.3 Å². The Kier molecular flexibility index (Phi) is 4.86. The summed E-state index contributed by atoms with van der Waals surface area (Å²) in [6.45, 7) is 1.25. The van der Waals surface area contributed by atoms with Crippen LogP contribution in [0.15, 0.2) is 30.3 Å². The third-order valence-electron chi connectivity index (χ3n) is 3.96.